The van der Waals surface area contributed by atoms with Crippen molar-refractivity contribution in [1.29, 1.82) is 0 Å². The highest BCUT2D eigenvalue weighted by atomic mass is 19.1. The van der Waals surface area contributed by atoms with E-state index in [1.54, 1.807) is 12.3 Å². The molecule has 1 aliphatic rings. The summed E-state index contributed by atoms with van der Waals surface area (Å²) in [6.45, 7) is 3.93. The molecule has 4 heteroatoms. The van der Waals surface area contributed by atoms with Gasteiger partial charge in [0.15, 0.2) is 0 Å². The van der Waals surface area contributed by atoms with Crippen molar-refractivity contribution < 1.29 is 4.39 Å². The number of nitrogens with zero attached hydrogens (tertiary/aromatic N) is 3. The molecule has 0 radical (unpaired) electrons. The SMILES string of the molecule is CN1CCN(c2nccc3ccc(F)cc23)CC1. The lowest BCUT2D eigenvalue weighted by molar-refractivity contribution is 0.312. The van der Waals surface area contributed by atoms with Crippen LogP contribution in [0.3, 0.4) is 0 Å². The summed E-state index contributed by atoms with van der Waals surface area (Å²) in [6.07, 6.45) is 1.80. The molecule has 3 rings (SSSR count). The van der Waals surface area contributed by atoms with Crippen LogP contribution >= 0.6 is 0 Å². The van der Waals surface area contributed by atoms with E-state index in [1.807, 2.05) is 12.1 Å². The minimum absolute atomic E-state index is 0.203. The van der Waals surface area contributed by atoms with E-state index in [9.17, 15) is 4.39 Å². The number of rotatable bonds is 1. The molecule has 1 fully saturated rings. The van der Waals surface area contributed by atoms with E-state index in [2.05, 4.69) is 21.8 Å². The zero-order valence-corrected chi connectivity index (χ0v) is 10.4. The molecule has 1 aromatic heterocycles. The summed E-state index contributed by atoms with van der Waals surface area (Å²) < 4.78 is 13.4. The molecular weight excluding hydrogens is 229 g/mol. The van der Waals surface area contributed by atoms with E-state index < -0.39 is 0 Å². The standard InChI is InChI=1S/C14H16FN3/c1-17-6-8-18(9-7-17)14-13-10-12(15)3-2-11(13)4-5-16-14/h2-5,10H,6-9H2,1H3. The molecule has 94 valence electrons. The summed E-state index contributed by atoms with van der Waals surface area (Å²) in [4.78, 5) is 8.97. The Balaban J connectivity index is 2.03. The Labute approximate surface area is 106 Å². The lowest BCUT2D eigenvalue weighted by atomic mass is 10.1. The van der Waals surface area contributed by atoms with E-state index in [1.165, 1.54) is 6.07 Å². The maximum Gasteiger partial charge on any atom is 0.136 e. The summed E-state index contributed by atoms with van der Waals surface area (Å²) >= 11 is 0. The number of halogens is 1. The number of hydrogen-bond acceptors (Lipinski definition) is 3. The fourth-order valence-electron chi connectivity index (χ4n) is 2.40. The third kappa shape index (κ3) is 2.04. The first kappa shape index (κ1) is 11.4. The highest BCUT2D eigenvalue weighted by Crippen LogP contribution is 2.25. The molecule has 2 heterocycles. The summed E-state index contributed by atoms with van der Waals surface area (Å²) in [5, 5.41) is 1.95. The third-order valence-electron chi connectivity index (χ3n) is 3.51. The minimum Gasteiger partial charge on any atom is -0.354 e. The van der Waals surface area contributed by atoms with Gasteiger partial charge < -0.3 is 9.80 Å². The molecule has 2 aromatic rings. The van der Waals surface area contributed by atoms with Crippen LogP contribution in [0.2, 0.25) is 0 Å². The Morgan fingerprint density at radius 2 is 1.89 bits per heavy atom. The van der Waals surface area contributed by atoms with E-state index in [0.29, 0.717) is 0 Å². The molecule has 1 aliphatic heterocycles. The second-order valence-electron chi connectivity index (χ2n) is 4.79. The average molecular weight is 245 g/mol. The van der Waals surface area contributed by atoms with Crippen molar-refractivity contribution in [2.24, 2.45) is 0 Å². The zero-order valence-electron chi connectivity index (χ0n) is 10.4. The fourth-order valence-corrected chi connectivity index (χ4v) is 2.40. The van der Waals surface area contributed by atoms with Gasteiger partial charge in [0.05, 0.1) is 0 Å². The van der Waals surface area contributed by atoms with E-state index in [0.717, 1.165) is 42.8 Å². The van der Waals surface area contributed by atoms with Gasteiger partial charge in [-0.2, -0.15) is 0 Å². The van der Waals surface area contributed by atoms with Crippen LogP contribution in [0.5, 0.6) is 0 Å². The van der Waals surface area contributed by atoms with Crippen LogP contribution in [0.4, 0.5) is 10.2 Å². The van der Waals surface area contributed by atoms with Gasteiger partial charge in [-0.25, -0.2) is 9.37 Å². The van der Waals surface area contributed by atoms with Crippen LogP contribution in [0, 0.1) is 5.82 Å². The summed E-state index contributed by atoms with van der Waals surface area (Å²) in [6, 6.07) is 6.81. The minimum atomic E-state index is -0.203. The second-order valence-corrected chi connectivity index (χ2v) is 4.79. The first-order valence-electron chi connectivity index (χ1n) is 6.22. The number of hydrogen-bond donors (Lipinski definition) is 0. The largest absolute Gasteiger partial charge is 0.354 e. The van der Waals surface area contributed by atoms with Crippen molar-refractivity contribution in [1.82, 2.24) is 9.88 Å². The molecule has 0 saturated carbocycles. The number of benzene rings is 1. The monoisotopic (exact) mass is 245 g/mol. The van der Waals surface area contributed by atoms with Gasteiger partial charge in [0.25, 0.3) is 0 Å². The van der Waals surface area contributed by atoms with Gasteiger partial charge in [0.2, 0.25) is 0 Å². The summed E-state index contributed by atoms with van der Waals surface area (Å²) in [5.41, 5.74) is 0. The summed E-state index contributed by atoms with van der Waals surface area (Å²) in [5.74, 6) is 0.700. The lowest BCUT2D eigenvalue weighted by Crippen LogP contribution is -2.44. The average Bonchev–Trinajstić information content (AvgIpc) is 2.39. The first-order valence-corrected chi connectivity index (χ1v) is 6.22. The zero-order chi connectivity index (χ0) is 12.5. The van der Waals surface area contributed by atoms with Crippen molar-refractivity contribution in [3.63, 3.8) is 0 Å². The van der Waals surface area contributed by atoms with Crippen molar-refractivity contribution in [2.75, 3.05) is 38.1 Å². The van der Waals surface area contributed by atoms with Crippen molar-refractivity contribution >= 4 is 16.6 Å². The number of likely N-dealkylation sites (N-methyl/N-ethyl adjacent to an activating group) is 1. The van der Waals surface area contributed by atoms with Gasteiger partial charge in [-0.05, 0) is 30.6 Å². The Bertz CT molecular complexity index is 562. The highest BCUT2D eigenvalue weighted by molar-refractivity contribution is 5.92. The van der Waals surface area contributed by atoms with Gasteiger partial charge in [-0.3, -0.25) is 0 Å². The Morgan fingerprint density at radius 1 is 1.11 bits per heavy atom. The molecule has 0 bridgehead atoms. The number of anilines is 1. The Kier molecular flexibility index (Phi) is 2.88. The number of piperazine rings is 1. The fraction of sp³-hybridized carbons (Fsp3) is 0.357. The Hall–Kier alpha value is -1.68. The van der Waals surface area contributed by atoms with Crippen molar-refractivity contribution in [3.05, 3.63) is 36.3 Å². The maximum absolute atomic E-state index is 13.4. The number of pyridine rings is 1. The van der Waals surface area contributed by atoms with E-state index in [-0.39, 0.29) is 5.82 Å². The van der Waals surface area contributed by atoms with Crippen LogP contribution in [-0.4, -0.2) is 43.1 Å². The number of aromatic nitrogens is 1. The molecule has 0 spiro atoms. The van der Waals surface area contributed by atoms with Gasteiger partial charge in [0.1, 0.15) is 11.6 Å². The van der Waals surface area contributed by atoms with E-state index >= 15 is 0 Å². The van der Waals surface area contributed by atoms with Gasteiger partial charge in [-0.15, -0.1) is 0 Å². The van der Waals surface area contributed by atoms with Crippen molar-refractivity contribution in [2.45, 2.75) is 0 Å². The molecular formula is C14H16FN3. The maximum atomic E-state index is 13.4. The molecule has 1 aromatic carbocycles. The molecule has 3 nitrogen and oxygen atoms in total. The molecule has 18 heavy (non-hydrogen) atoms. The predicted molar refractivity (Wildman–Crippen MR) is 71.4 cm³/mol. The molecule has 0 atom stereocenters. The van der Waals surface area contributed by atoms with Crippen LogP contribution < -0.4 is 4.90 Å². The quantitative estimate of drug-likeness (QED) is 0.767. The smallest absolute Gasteiger partial charge is 0.136 e. The molecule has 0 amide bonds. The van der Waals surface area contributed by atoms with Gasteiger partial charge >= 0.3 is 0 Å². The second kappa shape index (κ2) is 4.53. The molecule has 0 unspecified atom stereocenters. The lowest BCUT2D eigenvalue weighted by Gasteiger charge is -2.33. The van der Waals surface area contributed by atoms with Gasteiger partial charge in [-0.1, -0.05) is 6.07 Å². The van der Waals surface area contributed by atoms with Crippen LogP contribution in [0.15, 0.2) is 30.5 Å². The predicted octanol–water partition coefficient (Wildman–Crippen LogP) is 2.13. The van der Waals surface area contributed by atoms with E-state index in [4.69, 9.17) is 0 Å². The van der Waals surface area contributed by atoms with Gasteiger partial charge in [0, 0.05) is 37.8 Å². The third-order valence-corrected chi connectivity index (χ3v) is 3.51. The molecule has 1 saturated heterocycles. The highest BCUT2D eigenvalue weighted by Gasteiger charge is 2.17. The molecule has 0 aliphatic carbocycles. The van der Waals surface area contributed by atoms with Crippen LogP contribution in [0.25, 0.3) is 10.8 Å². The molecule has 0 N–H and O–H groups in total. The van der Waals surface area contributed by atoms with Crippen LogP contribution in [-0.2, 0) is 0 Å². The Morgan fingerprint density at radius 3 is 2.67 bits per heavy atom. The first-order chi connectivity index (χ1) is 8.74. The normalized spacial score (nSPS) is 17.3. The summed E-state index contributed by atoms with van der Waals surface area (Å²) in [7, 11) is 2.12. The van der Waals surface area contributed by atoms with Crippen molar-refractivity contribution in [3.8, 4) is 0 Å². The van der Waals surface area contributed by atoms with Crippen LogP contribution in [0.1, 0.15) is 0 Å². The number of fused-ring (bicyclic) bond motifs is 1. The topological polar surface area (TPSA) is 19.4 Å².